The number of likely N-dealkylation sites (tertiary alicyclic amines) is 1. The van der Waals surface area contributed by atoms with E-state index in [4.69, 9.17) is 9.47 Å². The van der Waals surface area contributed by atoms with E-state index in [0.717, 1.165) is 24.0 Å². The normalized spacial score (nSPS) is 16.9. The van der Waals surface area contributed by atoms with Gasteiger partial charge in [-0.2, -0.15) is 0 Å². The van der Waals surface area contributed by atoms with E-state index in [-0.39, 0.29) is 18.2 Å². The molecule has 2 aromatic rings. The molecule has 0 aliphatic carbocycles. The maximum Gasteiger partial charge on any atom is 0.410 e. The highest BCUT2D eigenvalue weighted by Gasteiger charge is 2.31. The number of nitrogens with zero attached hydrogens (tertiary/aromatic N) is 2. The molecule has 5 heteroatoms. The van der Waals surface area contributed by atoms with Crippen molar-refractivity contribution >= 4 is 6.09 Å². The highest BCUT2D eigenvalue weighted by Crippen LogP contribution is 2.32. The fraction of sp³-hybridized carbons (Fsp3) is 0.400. The molecular weight excluding hydrogens is 316 g/mol. The highest BCUT2D eigenvalue weighted by molar-refractivity contribution is 5.68. The van der Waals surface area contributed by atoms with Crippen molar-refractivity contribution in [3.63, 3.8) is 0 Å². The Bertz CT molecular complexity index is 686. The fourth-order valence-corrected chi connectivity index (χ4v) is 3.03. The summed E-state index contributed by atoms with van der Waals surface area (Å²) in [6.07, 6.45) is 3.51. The van der Waals surface area contributed by atoms with Crippen LogP contribution in [0.3, 0.4) is 0 Å². The number of aromatic nitrogens is 1. The molecule has 1 aromatic carbocycles. The number of hydrogen-bond acceptors (Lipinski definition) is 4. The van der Waals surface area contributed by atoms with Crippen molar-refractivity contribution in [1.82, 2.24) is 9.88 Å². The Hall–Kier alpha value is -2.56. The molecule has 1 amide bonds. The molecule has 132 valence electrons. The molecule has 0 unspecified atom stereocenters. The van der Waals surface area contributed by atoms with E-state index in [2.05, 4.69) is 4.98 Å². The minimum atomic E-state index is -0.270. The van der Waals surface area contributed by atoms with Gasteiger partial charge in [0.1, 0.15) is 6.61 Å². The van der Waals surface area contributed by atoms with E-state index < -0.39 is 0 Å². The number of pyridine rings is 1. The zero-order chi connectivity index (χ0) is 17.6. The Morgan fingerprint density at radius 2 is 2.04 bits per heavy atom. The van der Waals surface area contributed by atoms with Gasteiger partial charge in [0.25, 0.3) is 0 Å². The monoisotopic (exact) mass is 340 g/mol. The van der Waals surface area contributed by atoms with Crippen LogP contribution in [0.15, 0.2) is 48.7 Å². The van der Waals surface area contributed by atoms with E-state index in [0.29, 0.717) is 19.0 Å². The van der Waals surface area contributed by atoms with Gasteiger partial charge in [-0.25, -0.2) is 9.78 Å². The van der Waals surface area contributed by atoms with Gasteiger partial charge in [-0.1, -0.05) is 36.4 Å². The lowest BCUT2D eigenvalue weighted by Crippen LogP contribution is -2.31. The van der Waals surface area contributed by atoms with Crippen molar-refractivity contribution in [2.24, 2.45) is 0 Å². The van der Waals surface area contributed by atoms with Gasteiger partial charge in [-0.05, 0) is 37.8 Å². The van der Waals surface area contributed by atoms with Crippen LogP contribution >= 0.6 is 0 Å². The van der Waals surface area contributed by atoms with Crippen LogP contribution in [-0.4, -0.2) is 28.6 Å². The lowest BCUT2D eigenvalue weighted by molar-refractivity contribution is 0.0920. The predicted molar refractivity (Wildman–Crippen MR) is 95.3 cm³/mol. The van der Waals surface area contributed by atoms with Gasteiger partial charge >= 0.3 is 6.09 Å². The second kappa shape index (κ2) is 8.01. The second-order valence-corrected chi connectivity index (χ2v) is 6.49. The second-order valence-electron chi connectivity index (χ2n) is 6.49. The van der Waals surface area contributed by atoms with Gasteiger partial charge in [-0.3, -0.25) is 0 Å². The summed E-state index contributed by atoms with van der Waals surface area (Å²) < 4.78 is 11.1. The Morgan fingerprint density at radius 1 is 1.24 bits per heavy atom. The average Bonchev–Trinajstić information content (AvgIpc) is 3.10. The van der Waals surface area contributed by atoms with Gasteiger partial charge in [0.05, 0.1) is 12.1 Å². The summed E-state index contributed by atoms with van der Waals surface area (Å²) in [6.45, 7) is 4.94. The quantitative estimate of drug-likeness (QED) is 0.812. The SMILES string of the molecule is CC(C)Oc1ccc([C@H]2CCCN2C(=O)OCc2ccccc2)cn1. The van der Waals surface area contributed by atoms with Crippen molar-refractivity contribution in [1.29, 1.82) is 0 Å². The lowest BCUT2D eigenvalue weighted by atomic mass is 10.1. The van der Waals surface area contributed by atoms with Crippen molar-refractivity contribution in [2.45, 2.75) is 45.4 Å². The van der Waals surface area contributed by atoms with Crippen LogP contribution in [0.25, 0.3) is 0 Å². The maximum absolute atomic E-state index is 12.5. The average molecular weight is 340 g/mol. The van der Waals surface area contributed by atoms with E-state index >= 15 is 0 Å². The molecule has 0 saturated carbocycles. The largest absolute Gasteiger partial charge is 0.475 e. The molecule has 5 nitrogen and oxygen atoms in total. The molecule has 25 heavy (non-hydrogen) atoms. The van der Waals surface area contributed by atoms with Crippen molar-refractivity contribution in [3.05, 3.63) is 59.8 Å². The van der Waals surface area contributed by atoms with E-state index in [1.165, 1.54) is 0 Å². The van der Waals surface area contributed by atoms with Crippen LogP contribution in [0.1, 0.15) is 43.9 Å². The molecular formula is C20H24N2O3. The van der Waals surface area contributed by atoms with Crippen molar-refractivity contribution in [3.8, 4) is 5.88 Å². The van der Waals surface area contributed by atoms with E-state index in [1.54, 1.807) is 11.1 Å². The minimum Gasteiger partial charge on any atom is -0.475 e. The molecule has 2 heterocycles. The minimum absolute atomic E-state index is 0.0175. The Morgan fingerprint density at radius 3 is 2.72 bits per heavy atom. The van der Waals surface area contributed by atoms with Crippen molar-refractivity contribution < 1.29 is 14.3 Å². The van der Waals surface area contributed by atoms with E-state index in [9.17, 15) is 4.79 Å². The number of carbonyl (C=O) groups excluding carboxylic acids is 1. The van der Waals surface area contributed by atoms with Gasteiger partial charge in [-0.15, -0.1) is 0 Å². The summed E-state index contributed by atoms with van der Waals surface area (Å²) in [6, 6.07) is 13.6. The molecule has 1 atom stereocenters. The first-order valence-corrected chi connectivity index (χ1v) is 8.73. The summed E-state index contributed by atoms with van der Waals surface area (Å²) in [5.41, 5.74) is 2.01. The third kappa shape index (κ3) is 4.50. The molecule has 0 N–H and O–H groups in total. The summed E-state index contributed by atoms with van der Waals surface area (Å²) in [4.78, 5) is 18.6. The van der Waals surface area contributed by atoms with Crippen LogP contribution in [0.5, 0.6) is 5.88 Å². The third-order valence-electron chi connectivity index (χ3n) is 4.19. The van der Waals surface area contributed by atoms with Gasteiger partial charge < -0.3 is 14.4 Å². The summed E-state index contributed by atoms with van der Waals surface area (Å²) in [7, 11) is 0. The first-order valence-electron chi connectivity index (χ1n) is 8.73. The summed E-state index contributed by atoms with van der Waals surface area (Å²) >= 11 is 0. The van der Waals surface area contributed by atoms with Crippen molar-refractivity contribution in [2.75, 3.05) is 6.54 Å². The van der Waals surface area contributed by atoms with Crippen LogP contribution in [0, 0.1) is 0 Å². The number of rotatable bonds is 5. The van der Waals surface area contributed by atoms with Crippen LogP contribution in [-0.2, 0) is 11.3 Å². The molecule has 1 fully saturated rings. The highest BCUT2D eigenvalue weighted by atomic mass is 16.6. The van der Waals surface area contributed by atoms with Crippen LogP contribution in [0.4, 0.5) is 4.79 Å². The molecule has 1 aliphatic heterocycles. The van der Waals surface area contributed by atoms with Gasteiger partial charge in [0, 0.05) is 18.8 Å². The summed E-state index contributed by atoms with van der Waals surface area (Å²) in [5, 5.41) is 0. The molecule has 1 saturated heterocycles. The first kappa shape index (κ1) is 17.3. The molecule has 3 rings (SSSR count). The predicted octanol–water partition coefficient (Wildman–Crippen LogP) is 4.34. The number of benzene rings is 1. The number of carbonyl (C=O) groups is 1. The van der Waals surface area contributed by atoms with Gasteiger partial charge in [0.2, 0.25) is 5.88 Å². The fourth-order valence-electron chi connectivity index (χ4n) is 3.03. The van der Waals surface area contributed by atoms with E-state index in [1.807, 2.05) is 56.3 Å². The number of hydrogen-bond donors (Lipinski definition) is 0. The lowest BCUT2D eigenvalue weighted by Gasteiger charge is -2.24. The Kier molecular flexibility index (Phi) is 5.53. The van der Waals surface area contributed by atoms with Crippen LogP contribution in [0.2, 0.25) is 0 Å². The molecule has 1 aromatic heterocycles. The molecule has 0 bridgehead atoms. The standard InChI is InChI=1S/C20H24N2O3/c1-15(2)25-19-11-10-17(13-21-19)18-9-6-12-22(18)20(23)24-14-16-7-4-3-5-8-16/h3-5,7-8,10-11,13,15,18H,6,9,12,14H2,1-2H3/t18-/m1/s1. The molecule has 0 radical (unpaired) electrons. The smallest absolute Gasteiger partial charge is 0.410 e. The molecule has 0 spiro atoms. The Balaban J connectivity index is 1.62. The van der Waals surface area contributed by atoms with Crippen LogP contribution < -0.4 is 4.74 Å². The zero-order valence-electron chi connectivity index (χ0n) is 14.7. The molecule has 1 aliphatic rings. The topological polar surface area (TPSA) is 51.7 Å². The first-order chi connectivity index (χ1) is 12.1. The zero-order valence-corrected chi connectivity index (χ0v) is 14.7. The third-order valence-corrected chi connectivity index (χ3v) is 4.19. The number of ether oxygens (including phenoxy) is 2. The van der Waals surface area contributed by atoms with Gasteiger partial charge in [0.15, 0.2) is 0 Å². The summed E-state index contributed by atoms with van der Waals surface area (Å²) in [5.74, 6) is 0.606. The maximum atomic E-state index is 12.5. The number of amides is 1. The Labute approximate surface area is 148 Å².